The summed E-state index contributed by atoms with van der Waals surface area (Å²) in [6, 6.07) is 7.88. The first kappa shape index (κ1) is 18.1. The summed E-state index contributed by atoms with van der Waals surface area (Å²) in [4.78, 5) is 16.3. The molecular formula is C16H20ClN5O2S. The van der Waals surface area contributed by atoms with Gasteiger partial charge in [0.05, 0.1) is 19.8 Å². The summed E-state index contributed by atoms with van der Waals surface area (Å²) in [6.07, 6.45) is 0. The lowest BCUT2D eigenvalue weighted by molar-refractivity contribution is -0.117. The van der Waals surface area contributed by atoms with Gasteiger partial charge in [-0.1, -0.05) is 16.1 Å². The molecule has 1 saturated heterocycles. The zero-order chi connectivity index (χ0) is 17.6. The third-order valence-electron chi connectivity index (χ3n) is 3.87. The van der Waals surface area contributed by atoms with Crippen LogP contribution in [-0.4, -0.2) is 60.3 Å². The molecule has 1 aromatic heterocycles. The number of carbonyl (C=O) groups is 1. The van der Waals surface area contributed by atoms with Gasteiger partial charge >= 0.3 is 0 Å². The van der Waals surface area contributed by atoms with Crippen molar-refractivity contribution in [3.63, 3.8) is 0 Å². The number of anilines is 2. The Kier molecular flexibility index (Phi) is 6.19. The standard InChI is InChI=1S/C16H20ClN5O2S/c1-21(10-14-16(17)25-20-19-14)11-15(23)18-12-2-4-13(5-3-12)22-6-8-24-9-7-22/h2-5H,6-11H2,1H3,(H,18,23). The van der Waals surface area contributed by atoms with Crippen LogP contribution < -0.4 is 10.2 Å². The van der Waals surface area contributed by atoms with Crippen molar-refractivity contribution in [2.24, 2.45) is 0 Å². The van der Waals surface area contributed by atoms with Gasteiger partial charge in [0.15, 0.2) is 0 Å². The van der Waals surface area contributed by atoms with Crippen LogP contribution >= 0.6 is 23.1 Å². The van der Waals surface area contributed by atoms with E-state index in [0.29, 0.717) is 16.6 Å². The first-order valence-corrected chi connectivity index (χ1v) is 9.15. The fourth-order valence-electron chi connectivity index (χ4n) is 2.63. The Morgan fingerprint density at radius 2 is 2.08 bits per heavy atom. The second-order valence-corrected chi connectivity index (χ2v) is 7.22. The fourth-order valence-corrected chi connectivity index (χ4v) is 3.24. The quantitative estimate of drug-likeness (QED) is 0.826. The summed E-state index contributed by atoms with van der Waals surface area (Å²) in [7, 11) is 1.84. The van der Waals surface area contributed by atoms with Crippen molar-refractivity contribution < 1.29 is 9.53 Å². The van der Waals surface area contributed by atoms with Crippen LogP contribution in [0, 0.1) is 0 Å². The third kappa shape index (κ3) is 5.12. The normalized spacial score (nSPS) is 14.8. The average molecular weight is 382 g/mol. The highest BCUT2D eigenvalue weighted by Crippen LogP contribution is 2.20. The number of morpholine rings is 1. The van der Waals surface area contributed by atoms with Crippen molar-refractivity contribution in [3.8, 4) is 0 Å². The molecule has 1 aromatic carbocycles. The number of carbonyl (C=O) groups excluding carboxylic acids is 1. The van der Waals surface area contributed by atoms with E-state index < -0.39 is 0 Å². The second kappa shape index (κ2) is 8.57. The number of hydrogen-bond acceptors (Lipinski definition) is 7. The van der Waals surface area contributed by atoms with E-state index in [1.54, 1.807) is 0 Å². The van der Waals surface area contributed by atoms with Crippen LogP contribution in [0.1, 0.15) is 5.69 Å². The number of nitrogens with one attached hydrogen (secondary N) is 1. The van der Waals surface area contributed by atoms with Crippen molar-refractivity contribution in [2.45, 2.75) is 6.54 Å². The maximum absolute atomic E-state index is 12.2. The first-order valence-electron chi connectivity index (χ1n) is 7.99. The summed E-state index contributed by atoms with van der Waals surface area (Å²) in [5, 5.41) is 6.86. The minimum atomic E-state index is -0.0825. The fraction of sp³-hybridized carbons (Fsp3) is 0.438. The van der Waals surface area contributed by atoms with E-state index in [0.717, 1.165) is 49.2 Å². The largest absolute Gasteiger partial charge is 0.378 e. The molecule has 7 nitrogen and oxygen atoms in total. The molecule has 1 N–H and O–H groups in total. The van der Waals surface area contributed by atoms with Crippen LogP contribution in [0.4, 0.5) is 11.4 Å². The molecule has 0 unspecified atom stereocenters. The molecule has 1 amide bonds. The van der Waals surface area contributed by atoms with Crippen molar-refractivity contribution in [2.75, 3.05) is 50.1 Å². The monoisotopic (exact) mass is 381 g/mol. The number of hydrogen-bond donors (Lipinski definition) is 1. The average Bonchev–Trinajstić information content (AvgIpc) is 3.01. The number of benzene rings is 1. The highest BCUT2D eigenvalue weighted by molar-refractivity contribution is 7.10. The molecule has 9 heteroatoms. The Bertz CT molecular complexity index is 703. The molecule has 0 spiro atoms. The minimum absolute atomic E-state index is 0.0825. The molecule has 0 radical (unpaired) electrons. The predicted molar refractivity (Wildman–Crippen MR) is 99.4 cm³/mol. The zero-order valence-corrected chi connectivity index (χ0v) is 15.5. The van der Waals surface area contributed by atoms with E-state index in [2.05, 4.69) is 19.8 Å². The number of rotatable bonds is 6. The lowest BCUT2D eigenvalue weighted by Gasteiger charge is -2.28. The van der Waals surface area contributed by atoms with Gasteiger partial charge in [0.25, 0.3) is 0 Å². The van der Waals surface area contributed by atoms with Gasteiger partial charge in [-0.2, -0.15) is 0 Å². The van der Waals surface area contributed by atoms with E-state index in [1.807, 2.05) is 36.2 Å². The van der Waals surface area contributed by atoms with Crippen LogP contribution in [-0.2, 0) is 16.1 Å². The maximum atomic E-state index is 12.2. The van der Waals surface area contributed by atoms with E-state index >= 15 is 0 Å². The lowest BCUT2D eigenvalue weighted by atomic mass is 10.2. The molecule has 3 rings (SSSR count). The Balaban J connectivity index is 1.49. The van der Waals surface area contributed by atoms with Gasteiger partial charge in [-0.05, 0) is 31.3 Å². The highest BCUT2D eigenvalue weighted by atomic mass is 35.5. The number of aromatic nitrogens is 2. The highest BCUT2D eigenvalue weighted by Gasteiger charge is 2.13. The lowest BCUT2D eigenvalue weighted by Crippen LogP contribution is -2.36. The van der Waals surface area contributed by atoms with Gasteiger partial charge in [-0.25, -0.2) is 0 Å². The summed E-state index contributed by atoms with van der Waals surface area (Å²) in [5.41, 5.74) is 2.62. The van der Waals surface area contributed by atoms with Gasteiger partial charge < -0.3 is 15.0 Å². The van der Waals surface area contributed by atoms with Gasteiger partial charge in [0.1, 0.15) is 10.0 Å². The number of ether oxygens (including phenoxy) is 1. The van der Waals surface area contributed by atoms with Gasteiger partial charge in [-0.15, -0.1) is 5.10 Å². The molecule has 1 aliphatic rings. The number of likely N-dealkylation sites (N-methyl/N-ethyl adjacent to an activating group) is 1. The molecule has 0 bridgehead atoms. The molecule has 0 saturated carbocycles. The molecule has 2 heterocycles. The van der Waals surface area contributed by atoms with Gasteiger partial charge in [0, 0.05) is 42.5 Å². The van der Waals surface area contributed by atoms with Gasteiger partial charge in [-0.3, -0.25) is 9.69 Å². The molecule has 0 atom stereocenters. The van der Waals surface area contributed by atoms with Crippen LogP contribution in [0.3, 0.4) is 0 Å². The Hall–Kier alpha value is -1.74. The molecule has 2 aromatic rings. The molecule has 1 fully saturated rings. The smallest absolute Gasteiger partial charge is 0.238 e. The molecule has 134 valence electrons. The number of amides is 1. The van der Waals surface area contributed by atoms with Crippen molar-refractivity contribution in [1.82, 2.24) is 14.5 Å². The summed E-state index contributed by atoms with van der Waals surface area (Å²) in [5.74, 6) is -0.0825. The zero-order valence-electron chi connectivity index (χ0n) is 13.9. The SMILES string of the molecule is CN(CC(=O)Nc1ccc(N2CCOCC2)cc1)Cc1nnsc1Cl. The van der Waals surface area contributed by atoms with E-state index in [9.17, 15) is 4.79 Å². The summed E-state index contributed by atoms with van der Waals surface area (Å²) < 4.78 is 9.71. The molecule has 0 aliphatic carbocycles. The molecule has 25 heavy (non-hydrogen) atoms. The Morgan fingerprint density at radius 3 is 2.72 bits per heavy atom. The molecule has 1 aliphatic heterocycles. The topological polar surface area (TPSA) is 70.6 Å². The molecular weight excluding hydrogens is 362 g/mol. The van der Waals surface area contributed by atoms with Gasteiger partial charge in [0.2, 0.25) is 5.91 Å². The van der Waals surface area contributed by atoms with E-state index in [4.69, 9.17) is 16.3 Å². The van der Waals surface area contributed by atoms with Crippen LogP contribution in [0.5, 0.6) is 0 Å². The van der Waals surface area contributed by atoms with Crippen molar-refractivity contribution >= 4 is 40.4 Å². The maximum Gasteiger partial charge on any atom is 0.238 e. The summed E-state index contributed by atoms with van der Waals surface area (Å²) >= 11 is 7.13. The van der Waals surface area contributed by atoms with Crippen LogP contribution in [0.25, 0.3) is 0 Å². The predicted octanol–water partition coefficient (Wildman–Crippen LogP) is 2.10. The van der Waals surface area contributed by atoms with Crippen molar-refractivity contribution in [1.29, 1.82) is 0 Å². The second-order valence-electron chi connectivity index (χ2n) is 5.86. The van der Waals surface area contributed by atoms with Crippen LogP contribution in [0.15, 0.2) is 24.3 Å². The van der Waals surface area contributed by atoms with Crippen molar-refractivity contribution in [3.05, 3.63) is 34.3 Å². The Morgan fingerprint density at radius 1 is 1.36 bits per heavy atom. The van der Waals surface area contributed by atoms with Crippen LogP contribution in [0.2, 0.25) is 4.34 Å². The third-order valence-corrected chi connectivity index (χ3v) is 4.85. The first-order chi connectivity index (χ1) is 12.1. The summed E-state index contributed by atoms with van der Waals surface area (Å²) in [6.45, 7) is 4.03. The minimum Gasteiger partial charge on any atom is -0.378 e. The number of nitrogens with zero attached hydrogens (tertiary/aromatic N) is 4. The number of halogens is 1. The van der Waals surface area contributed by atoms with E-state index in [-0.39, 0.29) is 12.5 Å². The Labute approximate surface area is 155 Å². The van der Waals surface area contributed by atoms with E-state index in [1.165, 1.54) is 0 Å².